The zero-order chi connectivity index (χ0) is 18.5. The van der Waals surface area contributed by atoms with Gasteiger partial charge in [0.2, 0.25) is 5.91 Å². The van der Waals surface area contributed by atoms with Crippen LogP contribution in [-0.2, 0) is 11.2 Å². The molecule has 3 rings (SSSR count). The van der Waals surface area contributed by atoms with Crippen LogP contribution in [0.1, 0.15) is 11.4 Å². The Bertz CT molecular complexity index is 923. The zero-order valence-corrected chi connectivity index (χ0v) is 14.8. The van der Waals surface area contributed by atoms with Crippen LogP contribution < -0.4 is 14.8 Å². The van der Waals surface area contributed by atoms with Crippen LogP contribution in [0.15, 0.2) is 43.0 Å². The Morgan fingerprint density at radius 3 is 2.62 bits per heavy atom. The third-order valence-corrected chi connectivity index (χ3v) is 3.81. The molecule has 0 spiro atoms. The largest absolute Gasteiger partial charge is 0.493 e. The molecule has 0 saturated carbocycles. The second-order valence-corrected chi connectivity index (χ2v) is 5.52. The Labute approximate surface area is 150 Å². The molecule has 0 aliphatic rings. The van der Waals surface area contributed by atoms with Crippen molar-refractivity contribution >= 4 is 11.7 Å². The van der Waals surface area contributed by atoms with Crippen LogP contribution in [0.2, 0.25) is 0 Å². The number of anilines is 1. The molecule has 0 atom stereocenters. The SMILES string of the molecule is COc1ccc(CC(=O)Nc2cc(-n3ccnc3C)ncn2)cc1OC. The van der Waals surface area contributed by atoms with Crippen LogP contribution in [0.5, 0.6) is 11.5 Å². The topological polar surface area (TPSA) is 91.2 Å². The Morgan fingerprint density at radius 1 is 1.12 bits per heavy atom. The van der Waals surface area contributed by atoms with E-state index in [0.717, 1.165) is 11.4 Å². The minimum atomic E-state index is -0.191. The average molecular weight is 353 g/mol. The van der Waals surface area contributed by atoms with E-state index < -0.39 is 0 Å². The van der Waals surface area contributed by atoms with Gasteiger partial charge in [-0.2, -0.15) is 0 Å². The van der Waals surface area contributed by atoms with E-state index in [2.05, 4.69) is 20.3 Å². The number of nitrogens with zero attached hydrogens (tertiary/aromatic N) is 4. The smallest absolute Gasteiger partial charge is 0.229 e. The number of rotatable bonds is 6. The summed E-state index contributed by atoms with van der Waals surface area (Å²) in [4.78, 5) is 24.8. The van der Waals surface area contributed by atoms with Gasteiger partial charge in [0.05, 0.1) is 20.6 Å². The summed E-state index contributed by atoms with van der Waals surface area (Å²) in [5, 5.41) is 2.78. The van der Waals surface area contributed by atoms with Gasteiger partial charge in [-0.3, -0.25) is 9.36 Å². The third kappa shape index (κ3) is 3.80. The minimum Gasteiger partial charge on any atom is -0.493 e. The average Bonchev–Trinajstić information content (AvgIpc) is 3.07. The van der Waals surface area contributed by atoms with Crippen LogP contribution in [0.4, 0.5) is 5.82 Å². The van der Waals surface area contributed by atoms with E-state index in [4.69, 9.17) is 9.47 Å². The predicted octanol–water partition coefficient (Wildman–Crippen LogP) is 2.17. The summed E-state index contributed by atoms with van der Waals surface area (Å²) >= 11 is 0. The molecule has 1 aromatic carbocycles. The second kappa shape index (κ2) is 7.64. The molecular weight excluding hydrogens is 334 g/mol. The molecule has 0 radical (unpaired) electrons. The first-order chi connectivity index (χ1) is 12.6. The van der Waals surface area contributed by atoms with E-state index in [-0.39, 0.29) is 12.3 Å². The summed E-state index contributed by atoms with van der Waals surface area (Å²) in [6.45, 7) is 1.87. The molecule has 0 fully saturated rings. The standard InChI is InChI=1S/C18H19N5O3/c1-12-19-6-7-23(12)17-10-16(20-11-21-17)22-18(24)9-13-4-5-14(25-2)15(8-13)26-3/h4-8,10-11H,9H2,1-3H3,(H,20,21,22,24). The molecular formula is C18H19N5O3. The molecule has 3 aromatic rings. The lowest BCUT2D eigenvalue weighted by atomic mass is 10.1. The fraction of sp³-hybridized carbons (Fsp3) is 0.222. The van der Waals surface area contributed by atoms with Crippen molar-refractivity contribution in [3.63, 3.8) is 0 Å². The minimum absolute atomic E-state index is 0.184. The molecule has 2 heterocycles. The number of aryl methyl sites for hydroxylation is 1. The van der Waals surface area contributed by atoms with Gasteiger partial charge in [0, 0.05) is 18.5 Å². The number of carbonyl (C=O) groups is 1. The maximum Gasteiger partial charge on any atom is 0.229 e. The van der Waals surface area contributed by atoms with Gasteiger partial charge in [0.25, 0.3) is 0 Å². The van der Waals surface area contributed by atoms with Gasteiger partial charge in [-0.15, -0.1) is 0 Å². The number of ether oxygens (including phenoxy) is 2. The Balaban J connectivity index is 1.72. The van der Waals surface area contributed by atoms with Crippen molar-refractivity contribution < 1.29 is 14.3 Å². The maximum absolute atomic E-state index is 12.3. The van der Waals surface area contributed by atoms with Crippen molar-refractivity contribution in [2.24, 2.45) is 0 Å². The third-order valence-electron chi connectivity index (χ3n) is 3.81. The first kappa shape index (κ1) is 17.4. The van der Waals surface area contributed by atoms with Gasteiger partial charge in [0.15, 0.2) is 11.5 Å². The fourth-order valence-electron chi connectivity index (χ4n) is 2.53. The number of imidazole rings is 1. The molecule has 0 aliphatic carbocycles. The van der Waals surface area contributed by atoms with Crippen LogP contribution >= 0.6 is 0 Å². The first-order valence-corrected chi connectivity index (χ1v) is 7.94. The highest BCUT2D eigenvalue weighted by atomic mass is 16.5. The van der Waals surface area contributed by atoms with Gasteiger partial charge in [-0.1, -0.05) is 6.07 Å². The highest BCUT2D eigenvalue weighted by molar-refractivity contribution is 5.91. The van der Waals surface area contributed by atoms with Crippen molar-refractivity contribution in [3.05, 3.63) is 54.4 Å². The lowest BCUT2D eigenvalue weighted by Gasteiger charge is -2.10. The van der Waals surface area contributed by atoms with E-state index in [9.17, 15) is 4.79 Å². The van der Waals surface area contributed by atoms with E-state index in [1.807, 2.05) is 17.6 Å². The number of methoxy groups -OCH3 is 2. The molecule has 1 amide bonds. The molecule has 0 saturated heterocycles. The lowest BCUT2D eigenvalue weighted by molar-refractivity contribution is -0.115. The van der Waals surface area contributed by atoms with Gasteiger partial charge in [-0.25, -0.2) is 15.0 Å². The summed E-state index contributed by atoms with van der Waals surface area (Å²) in [7, 11) is 3.13. The molecule has 0 unspecified atom stereocenters. The molecule has 0 aliphatic heterocycles. The molecule has 134 valence electrons. The Kier molecular flexibility index (Phi) is 5.12. The van der Waals surface area contributed by atoms with Crippen molar-refractivity contribution in [1.29, 1.82) is 0 Å². The van der Waals surface area contributed by atoms with E-state index in [1.54, 1.807) is 44.8 Å². The monoisotopic (exact) mass is 353 g/mol. The maximum atomic E-state index is 12.3. The normalized spacial score (nSPS) is 10.4. The number of nitrogens with one attached hydrogen (secondary N) is 1. The van der Waals surface area contributed by atoms with E-state index >= 15 is 0 Å². The van der Waals surface area contributed by atoms with Crippen molar-refractivity contribution in [3.8, 4) is 17.3 Å². The number of amides is 1. The first-order valence-electron chi connectivity index (χ1n) is 7.94. The van der Waals surface area contributed by atoms with Gasteiger partial charge in [0.1, 0.15) is 23.8 Å². The lowest BCUT2D eigenvalue weighted by Crippen LogP contribution is -2.16. The van der Waals surface area contributed by atoms with Crippen LogP contribution in [0.3, 0.4) is 0 Å². The Hall–Kier alpha value is -3.42. The van der Waals surface area contributed by atoms with Crippen molar-refractivity contribution in [2.45, 2.75) is 13.3 Å². The van der Waals surface area contributed by atoms with Crippen molar-refractivity contribution in [2.75, 3.05) is 19.5 Å². The van der Waals surface area contributed by atoms with Crippen LogP contribution in [0.25, 0.3) is 5.82 Å². The molecule has 8 heteroatoms. The fourth-order valence-corrected chi connectivity index (χ4v) is 2.53. The van der Waals surface area contributed by atoms with Gasteiger partial charge >= 0.3 is 0 Å². The molecule has 8 nitrogen and oxygen atoms in total. The van der Waals surface area contributed by atoms with Gasteiger partial charge < -0.3 is 14.8 Å². The number of carbonyl (C=O) groups excluding carboxylic acids is 1. The van der Waals surface area contributed by atoms with Crippen molar-refractivity contribution in [1.82, 2.24) is 19.5 Å². The Morgan fingerprint density at radius 2 is 1.92 bits per heavy atom. The highest BCUT2D eigenvalue weighted by Gasteiger charge is 2.10. The van der Waals surface area contributed by atoms with Crippen LogP contribution in [-0.4, -0.2) is 39.6 Å². The molecule has 1 N–H and O–H groups in total. The summed E-state index contributed by atoms with van der Waals surface area (Å²) in [6.07, 6.45) is 5.07. The number of hydrogen-bond donors (Lipinski definition) is 1. The second-order valence-electron chi connectivity index (χ2n) is 5.52. The van der Waals surface area contributed by atoms with E-state index in [1.165, 1.54) is 6.33 Å². The van der Waals surface area contributed by atoms with Crippen LogP contribution in [0, 0.1) is 6.92 Å². The summed E-state index contributed by atoms with van der Waals surface area (Å²) in [5.74, 6) is 2.87. The summed E-state index contributed by atoms with van der Waals surface area (Å²) in [6, 6.07) is 7.06. The summed E-state index contributed by atoms with van der Waals surface area (Å²) < 4.78 is 12.3. The number of benzene rings is 1. The predicted molar refractivity (Wildman–Crippen MR) is 95.8 cm³/mol. The van der Waals surface area contributed by atoms with Gasteiger partial charge in [-0.05, 0) is 24.6 Å². The number of aromatic nitrogens is 4. The highest BCUT2D eigenvalue weighted by Crippen LogP contribution is 2.27. The molecule has 26 heavy (non-hydrogen) atoms. The summed E-state index contributed by atoms with van der Waals surface area (Å²) in [5.41, 5.74) is 0.805. The molecule has 0 bridgehead atoms. The van der Waals surface area contributed by atoms with E-state index in [0.29, 0.717) is 23.1 Å². The molecule has 2 aromatic heterocycles. The zero-order valence-electron chi connectivity index (χ0n) is 14.8. The quantitative estimate of drug-likeness (QED) is 0.730. The number of hydrogen-bond acceptors (Lipinski definition) is 6.